The van der Waals surface area contributed by atoms with Crippen LogP contribution in [-0.4, -0.2) is 14.9 Å². The molecule has 0 aliphatic rings. The highest BCUT2D eigenvalue weighted by Gasteiger charge is 2.17. The molecule has 0 spiro atoms. The lowest BCUT2D eigenvalue weighted by Crippen LogP contribution is -2.09. The third-order valence-electron chi connectivity index (χ3n) is 3.00. The predicted octanol–water partition coefficient (Wildman–Crippen LogP) is 3.22. The van der Waals surface area contributed by atoms with Crippen LogP contribution in [-0.2, 0) is 13.0 Å². The van der Waals surface area contributed by atoms with Crippen LogP contribution < -0.4 is 0 Å². The molecular weight excluding hydrogens is 248 g/mol. The molecule has 4 heteroatoms. The van der Waals surface area contributed by atoms with Gasteiger partial charge in [-0.2, -0.15) is 5.10 Å². The van der Waals surface area contributed by atoms with Crippen molar-refractivity contribution in [2.24, 2.45) is 0 Å². The normalized spacial score (nSPS) is 12.6. The number of nitrogens with zero attached hydrogens (tertiary/aromatic N) is 2. The van der Waals surface area contributed by atoms with Crippen LogP contribution in [0.4, 0.5) is 0 Å². The van der Waals surface area contributed by atoms with E-state index in [0.717, 1.165) is 12.1 Å². The van der Waals surface area contributed by atoms with E-state index in [2.05, 4.69) is 17.2 Å². The summed E-state index contributed by atoms with van der Waals surface area (Å²) in [5.41, 5.74) is 1.94. The molecule has 1 aromatic heterocycles. The first-order valence-electron chi connectivity index (χ1n) is 6.15. The molecule has 1 heterocycles. The van der Waals surface area contributed by atoms with E-state index >= 15 is 0 Å². The van der Waals surface area contributed by atoms with Gasteiger partial charge >= 0.3 is 0 Å². The summed E-state index contributed by atoms with van der Waals surface area (Å²) in [6.45, 7) is 2.70. The molecule has 18 heavy (non-hydrogen) atoms. The fraction of sp³-hybridized carbons (Fsp3) is 0.357. The molecule has 0 fully saturated rings. The summed E-state index contributed by atoms with van der Waals surface area (Å²) >= 11 is 6.06. The topological polar surface area (TPSA) is 38.0 Å². The van der Waals surface area contributed by atoms with E-state index in [-0.39, 0.29) is 0 Å². The third kappa shape index (κ3) is 2.92. The quantitative estimate of drug-likeness (QED) is 0.900. The fourth-order valence-corrected chi connectivity index (χ4v) is 2.31. The Hall–Kier alpha value is -1.32. The minimum atomic E-state index is -0.569. The molecule has 0 saturated carbocycles. The molecule has 1 aromatic carbocycles. The summed E-state index contributed by atoms with van der Waals surface area (Å²) in [7, 11) is 0. The molecule has 0 radical (unpaired) electrons. The Labute approximate surface area is 112 Å². The van der Waals surface area contributed by atoms with Crippen LogP contribution in [0, 0.1) is 0 Å². The average molecular weight is 265 g/mol. The Kier molecular flexibility index (Phi) is 4.39. The number of rotatable bonds is 5. The number of aliphatic hydroxyl groups excluding tert-OH is 1. The minimum Gasteiger partial charge on any atom is -0.387 e. The van der Waals surface area contributed by atoms with E-state index in [0.29, 0.717) is 18.0 Å². The summed E-state index contributed by atoms with van der Waals surface area (Å²) in [4.78, 5) is 0. The molecule has 2 rings (SSSR count). The van der Waals surface area contributed by atoms with E-state index in [9.17, 15) is 5.11 Å². The van der Waals surface area contributed by atoms with E-state index < -0.39 is 6.10 Å². The lowest BCUT2D eigenvalue weighted by molar-refractivity contribution is 0.157. The SMILES string of the molecule is CCn1ncc(Cl)c1C(O)CCc1ccccc1. The van der Waals surface area contributed by atoms with E-state index in [1.54, 1.807) is 10.9 Å². The smallest absolute Gasteiger partial charge is 0.0975 e. The Bertz CT molecular complexity index is 496. The highest BCUT2D eigenvalue weighted by Crippen LogP contribution is 2.26. The number of benzene rings is 1. The molecule has 0 aliphatic heterocycles. The highest BCUT2D eigenvalue weighted by atomic mass is 35.5. The van der Waals surface area contributed by atoms with Crippen molar-refractivity contribution in [3.63, 3.8) is 0 Å². The fourth-order valence-electron chi connectivity index (χ4n) is 2.04. The van der Waals surface area contributed by atoms with Crippen LogP contribution in [0.5, 0.6) is 0 Å². The second-order valence-corrected chi connectivity index (χ2v) is 4.64. The second kappa shape index (κ2) is 6.03. The van der Waals surface area contributed by atoms with Crippen LogP contribution in [0.25, 0.3) is 0 Å². The maximum atomic E-state index is 10.2. The van der Waals surface area contributed by atoms with Gasteiger partial charge in [0.15, 0.2) is 0 Å². The van der Waals surface area contributed by atoms with E-state index in [1.807, 2.05) is 25.1 Å². The summed E-state index contributed by atoms with van der Waals surface area (Å²) in [6.07, 6.45) is 2.49. The molecule has 3 nitrogen and oxygen atoms in total. The summed E-state index contributed by atoms with van der Waals surface area (Å²) < 4.78 is 1.75. The van der Waals surface area contributed by atoms with E-state index in [4.69, 9.17) is 11.6 Å². The van der Waals surface area contributed by atoms with Crippen molar-refractivity contribution >= 4 is 11.6 Å². The monoisotopic (exact) mass is 264 g/mol. The molecule has 0 aliphatic carbocycles. The van der Waals surface area contributed by atoms with Gasteiger partial charge in [0.05, 0.1) is 23.0 Å². The summed E-state index contributed by atoms with van der Waals surface area (Å²) in [6, 6.07) is 10.1. The standard InChI is InChI=1S/C14H17ClN2O/c1-2-17-14(12(15)10-16-17)13(18)9-8-11-6-4-3-5-7-11/h3-7,10,13,18H,2,8-9H2,1H3. The number of aromatic nitrogens is 2. The number of hydrogen-bond donors (Lipinski definition) is 1. The molecular formula is C14H17ClN2O. The largest absolute Gasteiger partial charge is 0.387 e. The minimum absolute atomic E-state index is 0.539. The lowest BCUT2D eigenvalue weighted by atomic mass is 10.1. The van der Waals surface area contributed by atoms with Gasteiger partial charge in [0.25, 0.3) is 0 Å². The Morgan fingerprint density at radius 2 is 2.06 bits per heavy atom. The maximum absolute atomic E-state index is 10.2. The molecule has 0 bridgehead atoms. The van der Waals surface area contributed by atoms with E-state index in [1.165, 1.54) is 5.56 Å². The second-order valence-electron chi connectivity index (χ2n) is 4.23. The number of hydrogen-bond acceptors (Lipinski definition) is 2. The molecule has 1 atom stereocenters. The van der Waals surface area contributed by atoms with Crippen molar-refractivity contribution < 1.29 is 5.11 Å². The van der Waals surface area contributed by atoms with Gasteiger partial charge in [-0.25, -0.2) is 0 Å². The molecule has 2 aromatic rings. The highest BCUT2D eigenvalue weighted by molar-refractivity contribution is 6.31. The first-order valence-corrected chi connectivity index (χ1v) is 6.53. The predicted molar refractivity (Wildman–Crippen MR) is 72.6 cm³/mol. The van der Waals surface area contributed by atoms with Gasteiger partial charge in [-0.3, -0.25) is 4.68 Å². The van der Waals surface area contributed by atoms with Crippen molar-refractivity contribution in [3.05, 3.63) is 52.8 Å². The average Bonchev–Trinajstić information content (AvgIpc) is 2.78. The van der Waals surface area contributed by atoms with Crippen LogP contribution in [0.2, 0.25) is 5.02 Å². The summed E-state index contributed by atoms with van der Waals surface area (Å²) in [5, 5.41) is 14.9. The summed E-state index contributed by atoms with van der Waals surface area (Å²) in [5.74, 6) is 0. The zero-order chi connectivity index (χ0) is 13.0. The Morgan fingerprint density at radius 3 is 2.72 bits per heavy atom. The van der Waals surface area contributed by atoms with Crippen LogP contribution in [0.15, 0.2) is 36.5 Å². The van der Waals surface area contributed by atoms with Crippen LogP contribution in [0.1, 0.15) is 30.7 Å². The van der Waals surface area contributed by atoms with Crippen molar-refractivity contribution in [1.29, 1.82) is 0 Å². The zero-order valence-corrected chi connectivity index (χ0v) is 11.1. The number of halogens is 1. The van der Waals surface area contributed by atoms with Crippen LogP contribution >= 0.6 is 11.6 Å². The maximum Gasteiger partial charge on any atom is 0.0975 e. The molecule has 0 amide bonds. The molecule has 1 N–H and O–H groups in total. The van der Waals surface area contributed by atoms with Gasteiger partial charge in [-0.15, -0.1) is 0 Å². The van der Waals surface area contributed by atoms with Crippen molar-refractivity contribution in [1.82, 2.24) is 9.78 Å². The van der Waals surface area contributed by atoms with Crippen molar-refractivity contribution in [2.75, 3.05) is 0 Å². The lowest BCUT2D eigenvalue weighted by Gasteiger charge is -2.13. The van der Waals surface area contributed by atoms with Crippen molar-refractivity contribution in [2.45, 2.75) is 32.4 Å². The molecule has 96 valence electrons. The first kappa shape index (κ1) is 13.1. The molecule has 1 unspecified atom stereocenters. The first-order chi connectivity index (χ1) is 8.72. The zero-order valence-electron chi connectivity index (χ0n) is 10.4. The molecule has 0 saturated heterocycles. The van der Waals surface area contributed by atoms with Gasteiger partial charge in [0.1, 0.15) is 0 Å². The van der Waals surface area contributed by atoms with Crippen LogP contribution in [0.3, 0.4) is 0 Å². The van der Waals surface area contributed by atoms with Gasteiger partial charge in [0.2, 0.25) is 0 Å². The van der Waals surface area contributed by atoms with Gasteiger partial charge in [-0.05, 0) is 25.3 Å². The van der Waals surface area contributed by atoms with Gasteiger partial charge in [-0.1, -0.05) is 41.9 Å². The third-order valence-corrected chi connectivity index (χ3v) is 3.29. The number of aryl methyl sites for hydroxylation is 2. The van der Waals surface area contributed by atoms with Crippen molar-refractivity contribution in [3.8, 4) is 0 Å². The van der Waals surface area contributed by atoms with Gasteiger partial charge < -0.3 is 5.11 Å². The Balaban J connectivity index is 2.03. The van der Waals surface area contributed by atoms with Gasteiger partial charge in [0, 0.05) is 6.54 Å². The number of aliphatic hydroxyl groups is 1. The Morgan fingerprint density at radius 1 is 1.33 bits per heavy atom.